The van der Waals surface area contributed by atoms with Gasteiger partial charge in [-0.2, -0.15) is 0 Å². The van der Waals surface area contributed by atoms with E-state index in [1.54, 1.807) is 0 Å². The van der Waals surface area contributed by atoms with Gasteiger partial charge in [-0.1, -0.05) is 150 Å². The van der Waals surface area contributed by atoms with Gasteiger partial charge in [0.05, 0.1) is 0 Å². The van der Waals surface area contributed by atoms with Crippen molar-refractivity contribution in [2.75, 3.05) is 0 Å². The third kappa shape index (κ3) is 6.80. The summed E-state index contributed by atoms with van der Waals surface area (Å²) in [5, 5.41) is 10.8. The largest absolute Gasteiger partial charge is 2.00 e. The topological polar surface area (TPSA) is 0 Å². The predicted molar refractivity (Wildman–Crippen MR) is 164 cm³/mol. The molecule has 2 atom stereocenters. The average Bonchev–Trinajstić information content (AvgIpc) is 2.91. The monoisotopic (exact) mass is 670 g/mol. The van der Waals surface area contributed by atoms with Gasteiger partial charge in [-0.15, -0.1) is 0 Å². The summed E-state index contributed by atoms with van der Waals surface area (Å²) in [4.78, 5) is 0. The van der Waals surface area contributed by atoms with Gasteiger partial charge in [0.15, 0.2) is 0 Å². The van der Waals surface area contributed by atoms with E-state index in [0.717, 1.165) is 0 Å². The van der Waals surface area contributed by atoms with E-state index in [4.69, 9.17) is 0 Å². The van der Waals surface area contributed by atoms with Crippen LogP contribution in [-0.4, -0.2) is 0 Å². The fraction of sp³-hybridized carbons (Fsp3) is 0.0588. The molecule has 0 N–H and O–H groups in total. The molecular weight excluding hydrogens is 642 g/mol. The Morgan fingerprint density at radius 2 is 0.769 bits per heavy atom. The average molecular weight is 671 g/mol. The molecule has 0 amide bonds. The molecule has 6 aromatic rings. The molecule has 2 unspecified atom stereocenters. The molecule has 0 aliphatic rings. The molecule has 0 heterocycles. The fourth-order valence-corrected chi connectivity index (χ4v) is 7.27. The van der Waals surface area contributed by atoms with Crippen LogP contribution in [-0.2, 0) is 19.5 Å². The Morgan fingerprint density at radius 1 is 0.410 bits per heavy atom. The Morgan fingerprint density at radius 3 is 1.15 bits per heavy atom. The normalized spacial score (nSPS) is 11.0. The number of halogens is 2. The zero-order chi connectivity index (χ0) is 24.5. The van der Waals surface area contributed by atoms with Crippen LogP contribution in [0.3, 0.4) is 0 Å². The zero-order valence-electron chi connectivity index (χ0n) is 21.7. The summed E-state index contributed by atoms with van der Waals surface area (Å²) < 4.78 is 0. The SMILES string of the molecule is Cc1ccc(Pc2ccc3ccccc3c2-c2c(Pc3ccc(C)cc3)ccc3ccccc23)cc1.[Cl-].[Cl-].[Ru+2]. The number of fused-ring (bicyclic) bond motifs is 2. The van der Waals surface area contributed by atoms with Crippen molar-refractivity contribution in [2.45, 2.75) is 13.8 Å². The molecule has 5 heteroatoms. The first-order valence-electron chi connectivity index (χ1n) is 12.4. The van der Waals surface area contributed by atoms with E-state index in [-0.39, 0.29) is 44.3 Å². The number of hydrogen-bond acceptors (Lipinski definition) is 0. The van der Waals surface area contributed by atoms with Gasteiger partial charge in [0, 0.05) is 0 Å². The minimum absolute atomic E-state index is 0. The first kappa shape index (κ1) is 31.4. The summed E-state index contributed by atoms with van der Waals surface area (Å²) in [6.45, 7) is 4.31. The van der Waals surface area contributed by atoms with Crippen LogP contribution in [0.5, 0.6) is 0 Å². The van der Waals surface area contributed by atoms with Crippen LogP contribution in [0.1, 0.15) is 11.1 Å². The van der Waals surface area contributed by atoms with Gasteiger partial charge in [0.25, 0.3) is 0 Å². The predicted octanol–water partition coefficient (Wildman–Crippen LogP) is 1.54. The molecule has 196 valence electrons. The maximum atomic E-state index is 2.36. The molecule has 0 spiro atoms. The van der Waals surface area contributed by atoms with Crippen LogP contribution in [0.2, 0.25) is 0 Å². The fourth-order valence-electron chi connectivity index (χ4n) is 4.87. The van der Waals surface area contributed by atoms with Crippen LogP contribution < -0.4 is 46.0 Å². The molecule has 0 bridgehead atoms. The van der Waals surface area contributed by atoms with Gasteiger partial charge in [-0.25, -0.2) is 0 Å². The number of aryl methyl sites for hydroxylation is 2. The van der Waals surface area contributed by atoms with E-state index in [2.05, 4.69) is 135 Å². The van der Waals surface area contributed by atoms with Crippen molar-refractivity contribution >= 4 is 59.9 Å². The molecule has 0 aliphatic carbocycles. The second kappa shape index (κ2) is 14.0. The maximum Gasteiger partial charge on any atom is 2.00 e. The molecule has 0 saturated heterocycles. The van der Waals surface area contributed by atoms with Gasteiger partial charge in [-0.05, 0) is 67.7 Å². The number of rotatable bonds is 5. The van der Waals surface area contributed by atoms with Crippen molar-refractivity contribution in [3.05, 3.63) is 132 Å². The van der Waals surface area contributed by atoms with Crippen LogP contribution in [0.4, 0.5) is 0 Å². The molecule has 0 aromatic heterocycles. The van der Waals surface area contributed by atoms with E-state index in [0.29, 0.717) is 17.2 Å². The van der Waals surface area contributed by atoms with Crippen molar-refractivity contribution in [2.24, 2.45) is 0 Å². The second-order valence-corrected chi connectivity index (χ2v) is 12.1. The van der Waals surface area contributed by atoms with E-state index in [1.165, 1.54) is 65.0 Å². The first-order valence-corrected chi connectivity index (χ1v) is 14.4. The van der Waals surface area contributed by atoms with Gasteiger partial charge in [0.1, 0.15) is 0 Å². The van der Waals surface area contributed by atoms with Crippen LogP contribution in [0.25, 0.3) is 32.7 Å². The first-order chi connectivity index (χ1) is 17.7. The molecule has 6 aromatic carbocycles. The minimum Gasteiger partial charge on any atom is -1.00 e. The Hall–Kier alpha value is -2.10. The Balaban J connectivity index is 0.00000140. The van der Waals surface area contributed by atoms with Crippen LogP contribution in [0, 0.1) is 13.8 Å². The molecule has 0 aliphatic heterocycles. The molecule has 0 radical (unpaired) electrons. The summed E-state index contributed by atoms with van der Waals surface area (Å²) in [5.41, 5.74) is 5.38. The Bertz CT molecular complexity index is 1570. The zero-order valence-corrected chi connectivity index (χ0v) is 26.9. The summed E-state index contributed by atoms with van der Waals surface area (Å²) in [7, 11) is 1.20. The van der Waals surface area contributed by atoms with Gasteiger partial charge < -0.3 is 24.8 Å². The molecular formula is C34H28Cl2P2Ru. The van der Waals surface area contributed by atoms with Crippen molar-refractivity contribution in [1.82, 2.24) is 0 Å². The van der Waals surface area contributed by atoms with Crippen LogP contribution in [0.15, 0.2) is 121 Å². The third-order valence-corrected chi connectivity index (χ3v) is 9.39. The summed E-state index contributed by atoms with van der Waals surface area (Å²) in [6, 6.07) is 45.1. The van der Waals surface area contributed by atoms with Crippen molar-refractivity contribution in [3.63, 3.8) is 0 Å². The molecule has 0 saturated carbocycles. The standard InChI is InChI=1S/C34H28P2.2ClH.Ru/c1-23-11-17-27(18-12-23)35-31-21-15-25-7-3-5-9-29(25)33(31)34-30-10-6-4-8-26(30)16-22-32(34)36-28-19-13-24(2)14-20-28;;;/h3-22,35-36H,1-2H3;2*1H;/q;;;+2/p-2. The molecule has 6 rings (SSSR count). The van der Waals surface area contributed by atoms with Crippen LogP contribution >= 0.6 is 17.2 Å². The van der Waals surface area contributed by atoms with E-state index in [9.17, 15) is 0 Å². The maximum absolute atomic E-state index is 2.36. The van der Waals surface area contributed by atoms with Gasteiger partial charge in [0.2, 0.25) is 0 Å². The van der Waals surface area contributed by atoms with E-state index >= 15 is 0 Å². The smallest absolute Gasteiger partial charge is 1.00 e. The van der Waals surface area contributed by atoms with Crippen molar-refractivity contribution < 1.29 is 44.3 Å². The molecule has 0 nitrogen and oxygen atoms in total. The van der Waals surface area contributed by atoms with E-state index < -0.39 is 0 Å². The summed E-state index contributed by atoms with van der Waals surface area (Å²) in [6.07, 6.45) is 0. The van der Waals surface area contributed by atoms with E-state index in [1.807, 2.05) is 0 Å². The summed E-state index contributed by atoms with van der Waals surface area (Å²) >= 11 is 0. The molecule has 39 heavy (non-hydrogen) atoms. The second-order valence-electron chi connectivity index (χ2n) is 9.40. The Labute approximate surface area is 260 Å². The third-order valence-electron chi connectivity index (χ3n) is 6.77. The van der Waals surface area contributed by atoms with Gasteiger partial charge >= 0.3 is 19.5 Å². The number of benzene rings is 6. The van der Waals surface area contributed by atoms with Crippen molar-refractivity contribution in [3.8, 4) is 11.1 Å². The quantitative estimate of drug-likeness (QED) is 0.193. The van der Waals surface area contributed by atoms with Crippen molar-refractivity contribution in [1.29, 1.82) is 0 Å². The molecule has 0 fully saturated rings. The summed E-state index contributed by atoms with van der Waals surface area (Å²) in [5.74, 6) is 0. The number of hydrogen-bond donors (Lipinski definition) is 0. The Kier molecular flexibility index (Phi) is 11.3. The minimum atomic E-state index is 0. The van der Waals surface area contributed by atoms with Gasteiger partial charge in [-0.3, -0.25) is 0 Å².